The molecule has 1 heterocycles. The number of aromatic nitrogens is 1. The van der Waals surface area contributed by atoms with Crippen molar-refractivity contribution >= 4 is 39.2 Å². The van der Waals surface area contributed by atoms with Crippen LogP contribution in [-0.4, -0.2) is 15.4 Å². The second-order valence-corrected chi connectivity index (χ2v) is 6.40. The van der Waals surface area contributed by atoms with Crippen LogP contribution in [0.4, 0.5) is 5.69 Å². The Morgan fingerprint density at radius 2 is 2.04 bits per heavy atom. The number of fused-ring (bicyclic) bond motifs is 1. The molecule has 0 bridgehead atoms. The van der Waals surface area contributed by atoms with Gasteiger partial charge in [0, 0.05) is 24.8 Å². The standard InChI is InChI=1S/C19H15N3O3S/c1-2-12-21-16-10-9-15(22(24)25)13-17(16)26-19(21)20-18(23)11-8-14-6-4-3-5-7-14/h2-11,13H,1,12H2. The number of nitro groups is 1. The summed E-state index contributed by atoms with van der Waals surface area (Å²) in [6.07, 6.45) is 4.79. The minimum Gasteiger partial charge on any atom is -0.312 e. The van der Waals surface area contributed by atoms with Crippen LogP contribution in [0.3, 0.4) is 0 Å². The largest absolute Gasteiger partial charge is 0.312 e. The molecule has 26 heavy (non-hydrogen) atoms. The van der Waals surface area contributed by atoms with E-state index < -0.39 is 10.8 Å². The Hall–Kier alpha value is -3.32. The summed E-state index contributed by atoms with van der Waals surface area (Å²) in [4.78, 5) is 27.3. The highest BCUT2D eigenvalue weighted by molar-refractivity contribution is 7.16. The lowest BCUT2D eigenvalue weighted by Gasteiger charge is -2.00. The molecule has 0 N–H and O–H groups in total. The van der Waals surface area contributed by atoms with E-state index in [1.165, 1.54) is 29.5 Å². The van der Waals surface area contributed by atoms with Crippen LogP contribution in [0.2, 0.25) is 0 Å². The Labute approximate surface area is 153 Å². The van der Waals surface area contributed by atoms with Crippen molar-refractivity contribution in [2.75, 3.05) is 0 Å². The second kappa shape index (κ2) is 7.71. The monoisotopic (exact) mass is 365 g/mol. The van der Waals surface area contributed by atoms with Gasteiger partial charge in [-0.1, -0.05) is 47.7 Å². The smallest absolute Gasteiger partial charge is 0.272 e. The summed E-state index contributed by atoms with van der Waals surface area (Å²) in [5.41, 5.74) is 1.69. The highest BCUT2D eigenvalue weighted by Crippen LogP contribution is 2.23. The first-order valence-corrected chi connectivity index (χ1v) is 8.60. The fourth-order valence-corrected chi connectivity index (χ4v) is 3.51. The zero-order valence-electron chi connectivity index (χ0n) is 13.7. The van der Waals surface area contributed by atoms with Gasteiger partial charge in [-0.25, -0.2) is 0 Å². The quantitative estimate of drug-likeness (QED) is 0.297. The van der Waals surface area contributed by atoms with Gasteiger partial charge in [0.2, 0.25) is 0 Å². The van der Waals surface area contributed by atoms with Gasteiger partial charge < -0.3 is 4.57 Å². The van der Waals surface area contributed by atoms with Crippen molar-refractivity contribution in [2.24, 2.45) is 4.99 Å². The molecule has 7 heteroatoms. The van der Waals surface area contributed by atoms with E-state index in [9.17, 15) is 14.9 Å². The Morgan fingerprint density at radius 1 is 1.27 bits per heavy atom. The van der Waals surface area contributed by atoms with Crippen molar-refractivity contribution in [3.05, 3.63) is 87.7 Å². The van der Waals surface area contributed by atoms with Crippen LogP contribution in [0.5, 0.6) is 0 Å². The predicted molar refractivity (Wildman–Crippen MR) is 103 cm³/mol. The topological polar surface area (TPSA) is 77.5 Å². The number of carbonyl (C=O) groups is 1. The number of hydrogen-bond donors (Lipinski definition) is 0. The molecule has 1 amide bonds. The Kier molecular flexibility index (Phi) is 5.19. The van der Waals surface area contributed by atoms with Gasteiger partial charge in [-0.05, 0) is 17.7 Å². The van der Waals surface area contributed by atoms with Gasteiger partial charge in [-0.3, -0.25) is 14.9 Å². The highest BCUT2D eigenvalue weighted by atomic mass is 32.1. The molecule has 0 aliphatic heterocycles. The van der Waals surface area contributed by atoms with E-state index in [1.54, 1.807) is 18.2 Å². The number of carbonyl (C=O) groups excluding carboxylic acids is 1. The summed E-state index contributed by atoms with van der Waals surface area (Å²) >= 11 is 1.23. The average Bonchev–Trinajstić information content (AvgIpc) is 2.97. The molecule has 0 atom stereocenters. The zero-order valence-corrected chi connectivity index (χ0v) is 14.6. The van der Waals surface area contributed by atoms with Gasteiger partial charge in [0.05, 0.1) is 15.1 Å². The van der Waals surface area contributed by atoms with Gasteiger partial charge in [-0.2, -0.15) is 4.99 Å². The molecule has 3 aromatic rings. The van der Waals surface area contributed by atoms with Gasteiger partial charge >= 0.3 is 0 Å². The lowest BCUT2D eigenvalue weighted by molar-refractivity contribution is -0.384. The van der Waals surface area contributed by atoms with Crippen molar-refractivity contribution in [3.63, 3.8) is 0 Å². The molecule has 0 radical (unpaired) electrons. The number of hydrogen-bond acceptors (Lipinski definition) is 4. The molecule has 0 spiro atoms. The number of rotatable bonds is 5. The SMILES string of the molecule is C=CCn1c(=NC(=O)C=Cc2ccccc2)sc2cc([N+](=O)[O-])ccc21. The van der Waals surface area contributed by atoms with E-state index in [2.05, 4.69) is 11.6 Å². The molecule has 0 fully saturated rings. The normalized spacial score (nSPS) is 11.9. The van der Waals surface area contributed by atoms with E-state index in [0.717, 1.165) is 11.1 Å². The van der Waals surface area contributed by atoms with E-state index in [0.29, 0.717) is 16.0 Å². The van der Waals surface area contributed by atoms with Crippen molar-refractivity contribution in [1.29, 1.82) is 0 Å². The number of amides is 1. The lowest BCUT2D eigenvalue weighted by Crippen LogP contribution is -2.15. The van der Waals surface area contributed by atoms with E-state index >= 15 is 0 Å². The van der Waals surface area contributed by atoms with Crippen LogP contribution in [0.1, 0.15) is 5.56 Å². The Bertz CT molecular complexity index is 1080. The molecule has 130 valence electrons. The third-order valence-corrected chi connectivity index (χ3v) is 4.65. The molecule has 0 unspecified atom stereocenters. The minimum absolute atomic E-state index is 0.00588. The average molecular weight is 365 g/mol. The molecular formula is C19H15N3O3S. The molecule has 2 aromatic carbocycles. The van der Waals surface area contributed by atoms with Crippen LogP contribution < -0.4 is 4.80 Å². The predicted octanol–water partition coefficient (Wildman–Crippen LogP) is 3.94. The number of nitro benzene ring substituents is 1. The summed E-state index contributed by atoms with van der Waals surface area (Å²) in [6, 6.07) is 14.0. The molecule has 3 rings (SSSR count). The van der Waals surface area contributed by atoms with Gasteiger partial charge in [0.1, 0.15) is 0 Å². The molecule has 6 nitrogen and oxygen atoms in total. The van der Waals surface area contributed by atoms with Crippen molar-refractivity contribution in [1.82, 2.24) is 4.57 Å². The van der Waals surface area contributed by atoms with Crippen molar-refractivity contribution in [3.8, 4) is 0 Å². The highest BCUT2D eigenvalue weighted by Gasteiger charge is 2.11. The van der Waals surface area contributed by atoms with E-state index in [4.69, 9.17) is 0 Å². The molecule has 0 saturated carbocycles. The second-order valence-electron chi connectivity index (χ2n) is 5.39. The summed E-state index contributed by atoms with van der Waals surface area (Å²) in [7, 11) is 0. The third-order valence-electron chi connectivity index (χ3n) is 3.61. The summed E-state index contributed by atoms with van der Waals surface area (Å²) in [5, 5.41) is 11.0. The van der Waals surface area contributed by atoms with Crippen LogP contribution >= 0.6 is 11.3 Å². The molecule has 0 aliphatic carbocycles. The van der Waals surface area contributed by atoms with E-state index in [-0.39, 0.29) is 5.69 Å². The van der Waals surface area contributed by atoms with E-state index in [1.807, 2.05) is 34.9 Å². The lowest BCUT2D eigenvalue weighted by atomic mass is 10.2. The van der Waals surface area contributed by atoms with Crippen LogP contribution in [0.25, 0.3) is 16.3 Å². The number of non-ortho nitro benzene ring substituents is 1. The Morgan fingerprint density at radius 3 is 2.73 bits per heavy atom. The third kappa shape index (κ3) is 3.84. The Balaban J connectivity index is 2.02. The van der Waals surface area contributed by atoms with Crippen LogP contribution in [-0.2, 0) is 11.3 Å². The zero-order chi connectivity index (χ0) is 18.5. The van der Waals surface area contributed by atoms with Crippen LogP contribution in [0, 0.1) is 10.1 Å². The van der Waals surface area contributed by atoms with Crippen molar-refractivity contribution in [2.45, 2.75) is 6.54 Å². The summed E-state index contributed by atoms with van der Waals surface area (Å²) in [6.45, 7) is 4.17. The number of benzene rings is 2. The maximum atomic E-state index is 12.2. The molecule has 1 aromatic heterocycles. The van der Waals surface area contributed by atoms with Gasteiger partial charge in [0.15, 0.2) is 4.80 Å². The number of allylic oxidation sites excluding steroid dienone is 1. The minimum atomic E-state index is -0.443. The summed E-state index contributed by atoms with van der Waals surface area (Å²) < 4.78 is 2.50. The van der Waals surface area contributed by atoms with Gasteiger partial charge in [0.25, 0.3) is 11.6 Å². The number of thiazole rings is 1. The first kappa shape index (κ1) is 17.5. The molecule has 0 aliphatic rings. The fourth-order valence-electron chi connectivity index (χ4n) is 2.43. The molecular weight excluding hydrogens is 350 g/mol. The maximum absolute atomic E-state index is 12.2. The molecule has 0 saturated heterocycles. The maximum Gasteiger partial charge on any atom is 0.272 e. The first-order chi connectivity index (χ1) is 12.6. The van der Waals surface area contributed by atoms with Crippen LogP contribution in [0.15, 0.2) is 72.3 Å². The van der Waals surface area contributed by atoms with Gasteiger partial charge in [-0.15, -0.1) is 6.58 Å². The van der Waals surface area contributed by atoms with Crippen molar-refractivity contribution < 1.29 is 9.72 Å². The first-order valence-electron chi connectivity index (χ1n) is 7.79. The fraction of sp³-hybridized carbons (Fsp3) is 0.0526. The number of nitrogens with zero attached hydrogens (tertiary/aromatic N) is 3. The summed E-state index contributed by atoms with van der Waals surface area (Å²) in [5.74, 6) is -0.396.